The standard InChI is InChI=1S/C11H11NO3S/c12-5-1-2-7-3-4-8(6-9(7)16)10(13)11(14)15/h3-4,6,10,13,16H,1-2H2,(H,14,15). The van der Waals surface area contributed by atoms with E-state index in [4.69, 9.17) is 10.4 Å². The van der Waals surface area contributed by atoms with Crippen LogP contribution in [0.2, 0.25) is 0 Å². The van der Waals surface area contributed by atoms with Crippen molar-refractivity contribution >= 4 is 18.6 Å². The average molecular weight is 237 g/mol. The van der Waals surface area contributed by atoms with Crippen molar-refractivity contribution in [1.29, 1.82) is 5.26 Å². The fourth-order valence-corrected chi connectivity index (χ4v) is 1.63. The van der Waals surface area contributed by atoms with Gasteiger partial charge in [0.25, 0.3) is 0 Å². The highest BCUT2D eigenvalue weighted by Crippen LogP contribution is 2.21. The maximum absolute atomic E-state index is 10.5. The van der Waals surface area contributed by atoms with E-state index in [1.807, 2.05) is 6.07 Å². The number of carbonyl (C=O) groups is 1. The maximum atomic E-state index is 10.5. The highest BCUT2D eigenvalue weighted by molar-refractivity contribution is 7.80. The Morgan fingerprint density at radius 3 is 2.75 bits per heavy atom. The number of carboxylic acid groups (broad SMARTS) is 1. The number of nitriles is 1. The Bertz CT molecular complexity index is 439. The van der Waals surface area contributed by atoms with Crippen molar-refractivity contribution in [3.8, 4) is 6.07 Å². The predicted molar refractivity (Wildman–Crippen MR) is 60.2 cm³/mol. The van der Waals surface area contributed by atoms with E-state index in [1.54, 1.807) is 6.07 Å². The second kappa shape index (κ2) is 5.54. The topological polar surface area (TPSA) is 81.3 Å². The first kappa shape index (κ1) is 12.6. The average Bonchev–Trinajstić information content (AvgIpc) is 2.26. The van der Waals surface area contributed by atoms with E-state index in [-0.39, 0.29) is 0 Å². The number of hydrogen-bond donors (Lipinski definition) is 3. The second-order valence-electron chi connectivity index (χ2n) is 3.29. The monoisotopic (exact) mass is 237 g/mol. The van der Waals surface area contributed by atoms with Crippen LogP contribution < -0.4 is 0 Å². The zero-order valence-electron chi connectivity index (χ0n) is 8.42. The van der Waals surface area contributed by atoms with Gasteiger partial charge in [-0.05, 0) is 23.6 Å². The van der Waals surface area contributed by atoms with Crippen LogP contribution in [0.15, 0.2) is 23.1 Å². The molecule has 1 rings (SSSR count). The Kier molecular flexibility index (Phi) is 4.35. The lowest BCUT2D eigenvalue weighted by Crippen LogP contribution is -2.10. The van der Waals surface area contributed by atoms with Crippen molar-refractivity contribution in [3.63, 3.8) is 0 Å². The quantitative estimate of drug-likeness (QED) is 0.694. The molecular weight excluding hydrogens is 226 g/mol. The Morgan fingerprint density at radius 2 is 2.25 bits per heavy atom. The zero-order valence-corrected chi connectivity index (χ0v) is 9.32. The fraction of sp³-hybridized carbons (Fsp3) is 0.273. The third-order valence-corrected chi connectivity index (χ3v) is 2.58. The van der Waals surface area contributed by atoms with Gasteiger partial charge >= 0.3 is 5.97 Å². The van der Waals surface area contributed by atoms with Crippen LogP contribution in [0.1, 0.15) is 23.7 Å². The molecule has 0 aromatic heterocycles. The smallest absolute Gasteiger partial charge is 0.337 e. The van der Waals surface area contributed by atoms with Gasteiger partial charge in [0.2, 0.25) is 0 Å². The largest absolute Gasteiger partial charge is 0.479 e. The molecule has 0 aliphatic rings. The fourth-order valence-electron chi connectivity index (χ4n) is 1.30. The Labute approximate surface area is 98.6 Å². The van der Waals surface area contributed by atoms with Crippen molar-refractivity contribution < 1.29 is 15.0 Å². The van der Waals surface area contributed by atoms with Gasteiger partial charge in [0.05, 0.1) is 6.07 Å². The van der Waals surface area contributed by atoms with Crippen molar-refractivity contribution in [2.75, 3.05) is 0 Å². The lowest BCUT2D eigenvalue weighted by molar-refractivity contribution is -0.146. The van der Waals surface area contributed by atoms with E-state index < -0.39 is 12.1 Å². The number of rotatable bonds is 4. The van der Waals surface area contributed by atoms with Crippen LogP contribution in [0.5, 0.6) is 0 Å². The highest BCUT2D eigenvalue weighted by Gasteiger charge is 2.16. The van der Waals surface area contributed by atoms with Crippen LogP contribution in [0.25, 0.3) is 0 Å². The van der Waals surface area contributed by atoms with Gasteiger partial charge in [-0.1, -0.05) is 12.1 Å². The van der Waals surface area contributed by atoms with E-state index in [1.165, 1.54) is 12.1 Å². The van der Waals surface area contributed by atoms with Crippen molar-refractivity contribution in [1.82, 2.24) is 0 Å². The molecule has 5 heteroatoms. The predicted octanol–water partition coefficient (Wildman–Crippen LogP) is 1.55. The molecule has 0 aliphatic heterocycles. The minimum absolute atomic E-state index is 0.290. The summed E-state index contributed by atoms with van der Waals surface area (Å²) < 4.78 is 0. The molecule has 1 aromatic carbocycles. The van der Waals surface area contributed by atoms with Gasteiger partial charge in [-0.15, -0.1) is 12.6 Å². The Hall–Kier alpha value is -1.51. The molecule has 2 N–H and O–H groups in total. The molecule has 16 heavy (non-hydrogen) atoms. The van der Waals surface area contributed by atoms with Crippen LogP contribution in [0, 0.1) is 11.3 Å². The Balaban J connectivity index is 2.91. The van der Waals surface area contributed by atoms with E-state index in [0.717, 1.165) is 5.56 Å². The number of aliphatic hydroxyl groups excluding tert-OH is 1. The first-order valence-electron chi connectivity index (χ1n) is 4.66. The van der Waals surface area contributed by atoms with Gasteiger partial charge < -0.3 is 10.2 Å². The summed E-state index contributed by atoms with van der Waals surface area (Å²) in [5.74, 6) is -1.29. The molecule has 0 bridgehead atoms. The Morgan fingerprint density at radius 1 is 1.56 bits per heavy atom. The number of carboxylic acids is 1. The molecule has 0 radical (unpaired) electrons. The summed E-state index contributed by atoms with van der Waals surface area (Å²) in [5, 5.41) is 26.4. The van der Waals surface area contributed by atoms with Crippen LogP contribution in [0.4, 0.5) is 0 Å². The molecule has 1 unspecified atom stereocenters. The molecule has 0 fully saturated rings. The molecule has 0 spiro atoms. The van der Waals surface area contributed by atoms with E-state index >= 15 is 0 Å². The summed E-state index contributed by atoms with van der Waals surface area (Å²) in [5.41, 5.74) is 1.16. The minimum Gasteiger partial charge on any atom is -0.479 e. The molecule has 0 aliphatic carbocycles. The molecule has 4 nitrogen and oxygen atoms in total. The number of aliphatic carboxylic acids is 1. The molecule has 1 aromatic rings. The number of aliphatic hydroxyl groups is 1. The van der Waals surface area contributed by atoms with Gasteiger partial charge in [0.15, 0.2) is 6.10 Å². The molecule has 0 amide bonds. The lowest BCUT2D eigenvalue weighted by Gasteiger charge is -2.09. The van der Waals surface area contributed by atoms with Gasteiger partial charge in [0, 0.05) is 11.3 Å². The maximum Gasteiger partial charge on any atom is 0.337 e. The highest BCUT2D eigenvalue weighted by atomic mass is 32.1. The minimum atomic E-state index is -1.53. The number of aryl methyl sites for hydroxylation is 1. The van der Waals surface area contributed by atoms with Crippen molar-refractivity contribution in [3.05, 3.63) is 29.3 Å². The van der Waals surface area contributed by atoms with Crippen LogP contribution in [0.3, 0.4) is 0 Å². The third-order valence-electron chi connectivity index (χ3n) is 2.17. The molecule has 0 saturated carbocycles. The summed E-state index contributed by atoms with van der Waals surface area (Å²) in [6.45, 7) is 0. The zero-order chi connectivity index (χ0) is 12.1. The van der Waals surface area contributed by atoms with E-state index in [0.29, 0.717) is 23.3 Å². The SMILES string of the molecule is N#CCCc1ccc(C(O)C(=O)O)cc1S. The van der Waals surface area contributed by atoms with E-state index in [9.17, 15) is 9.90 Å². The molecule has 0 saturated heterocycles. The first-order chi connectivity index (χ1) is 7.56. The summed E-state index contributed by atoms with van der Waals surface area (Å²) in [6.07, 6.45) is -0.580. The summed E-state index contributed by atoms with van der Waals surface area (Å²) in [7, 11) is 0. The first-order valence-corrected chi connectivity index (χ1v) is 5.10. The normalized spacial score (nSPS) is 11.8. The lowest BCUT2D eigenvalue weighted by atomic mass is 10.0. The molecule has 0 heterocycles. The van der Waals surface area contributed by atoms with E-state index in [2.05, 4.69) is 12.6 Å². The summed E-state index contributed by atoms with van der Waals surface area (Å²) in [4.78, 5) is 11.1. The van der Waals surface area contributed by atoms with Crippen molar-refractivity contribution in [2.45, 2.75) is 23.8 Å². The van der Waals surface area contributed by atoms with Gasteiger partial charge in [-0.2, -0.15) is 5.26 Å². The number of hydrogen-bond acceptors (Lipinski definition) is 4. The summed E-state index contributed by atoms with van der Waals surface area (Å²) >= 11 is 4.19. The number of thiol groups is 1. The van der Waals surface area contributed by atoms with Crippen molar-refractivity contribution in [2.24, 2.45) is 0 Å². The summed E-state index contributed by atoms with van der Waals surface area (Å²) in [6, 6.07) is 6.74. The van der Waals surface area contributed by atoms with Gasteiger partial charge in [-0.3, -0.25) is 0 Å². The number of nitrogens with zero attached hydrogens (tertiary/aromatic N) is 1. The second-order valence-corrected chi connectivity index (χ2v) is 3.77. The third kappa shape index (κ3) is 2.99. The molecular formula is C11H11NO3S. The van der Waals surface area contributed by atoms with Gasteiger partial charge in [-0.25, -0.2) is 4.79 Å². The van der Waals surface area contributed by atoms with Crippen LogP contribution in [-0.2, 0) is 11.2 Å². The van der Waals surface area contributed by atoms with Crippen LogP contribution in [-0.4, -0.2) is 16.2 Å². The van der Waals surface area contributed by atoms with Crippen LogP contribution >= 0.6 is 12.6 Å². The molecule has 1 atom stereocenters. The number of benzene rings is 1. The van der Waals surface area contributed by atoms with Gasteiger partial charge in [0.1, 0.15) is 0 Å². The molecule has 84 valence electrons.